The maximum atomic E-state index is 12.1. The third-order valence-electron chi connectivity index (χ3n) is 3.81. The standard InChI is InChI=1S/C19H25N3O/c1-3-4-7-11-21-19(23)16-10-12-20-18(13-16)22-14-17-9-6-5-8-15(17)2/h5-6,8-10,12-13H,3-4,7,11,14H2,1-2H3,(H,20,22)(H,21,23). The third-order valence-corrected chi connectivity index (χ3v) is 3.81. The van der Waals surface area contributed by atoms with Crippen LogP contribution in [0.25, 0.3) is 0 Å². The second-order valence-electron chi connectivity index (χ2n) is 5.67. The number of nitrogens with zero attached hydrogens (tertiary/aromatic N) is 1. The topological polar surface area (TPSA) is 54.0 Å². The van der Waals surface area contributed by atoms with E-state index in [1.165, 1.54) is 11.1 Å². The minimum Gasteiger partial charge on any atom is -0.366 e. The van der Waals surface area contributed by atoms with Gasteiger partial charge < -0.3 is 10.6 Å². The molecule has 0 fully saturated rings. The monoisotopic (exact) mass is 311 g/mol. The molecule has 2 aromatic rings. The van der Waals surface area contributed by atoms with E-state index in [0.29, 0.717) is 12.1 Å². The summed E-state index contributed by atoms with van der Waals surface area (Å²) in [5.74, 6) is 0.678. The van der Waals surface area contributed by atoms with Crippen molar-refractivity contribution < 1.29 is 4.79 Å². The molecule has 0 atom stereocenters. The van der Waals surface area contributed by atoms with Crippen LogP contribution in [0, 0.1) is 6.92 Å². The van der Waals surface area contributed by atoms with E-state index >= 15 is 0 Å². The average molecular weight is 311 g/mol. The minimum atomic E-state index is -0.0394. The summed E-state index contributed by atoms with van der Waals surface area (Å²) in [6.07, 6.45) is 4.98. The van der Waals surface area contributed by atoms with Gasteiger partial charge in [0.1, 0.15) is 5.82 Å². The summed E-state index contributed by atoms with van der Waals surface area (Å²) < 4.78 is 0. The number of rotatable bonds is 8. The first kappa shape index (κ1) is 17.0. The van der Waals surface area contributed by atoms with Crippen molar-refractivity contribution in [2.24, 2.45) is 0 Å². The molecule has 1 amide bonds. The molecule has 0 radical (unpaired) electrons. The molecule has 4 nitrogen and oxygen atoms in total. The molecule has 1 aromatic heterocycles. The second-order valence-corrected chi connectivity index (χ2v) is 5.67. The number of amides is 1. The number of carbonyl (C=O) groups is 1. The molecule has 0 saturated carbocycles. The Morgan fingerprint density at radius 2 is 2.00 bits per heavy atom. The number of hydrogen-bond donors (Lipinski definition) is 2. The molecule has 0 aliphatic rings. The van der Waals surface area contributed by atoms with Crippen molar-refractivity contribution >= 4 is 11.7 Å². The summed E-state index contributed by atoms with van der Waals surface area (Å²) in [5, 5.41) is 6.23. The van der Waals surface area contributed by atoms with Crippen LogP contribution in [0.15, 0.2) is 42.6 Å². The lowest BCUT2D eigenvalue weighted by Gasteiger charge is -2.10. The zero-order valence-corrected chi connectivity index (χ0v) is 13.9. The van der Waals surface area contributed by atoms with Gasteiger partial charge in [-0.3, -0.25) is 4.79 Å². The van der Waals surface area contributed by atoms with Gasteiger partial charge in [-0.05, 0) is 36.6 Å². The highest BCUT2D eigenvalue weighted by Gasteiger charge is 2.06. The zero-order chi connectivity index (χ0) is 16.5. The highest BCUT2D eigenvalue weighted by Crippen LogP contribution is 2.11. The fraction of sp³-hybridized carbons (Fsp3) is 0.368. The van der Waals surface area contributed by atoms with Crippen molar-refractivity contribution in [3.63, 3.8) is 0 Å². The molecule has 1 aromatic carbocycles. The molecule has 0 aliphatic heterocycles. The number of unbranched alkanes of at least 4 members (excludes halogenated alkanes) is 2. The zero-order valence-electron chi connectivity index (χ0n) is 13.9. The number of benzene rings is 1. The van der Waals surface area contributed by atoms with Crippen LogP contribution < -0.4 is 10.6 Å². The van der Waals surface area contributed by atoms with Gasteiger partial charge in [0.25, 0.3) is 5.91 Å². The van der Waals surface area contributed by atoms with Crippen LogP contribution in [-0.2, 0) is 6.54 Å². The van der Waals surface area contributed by atoms with Crippen LogP contribution in [0.5, 0.6) is 0 Å². The van der Waals surface area contributed by atoms with Crippen LogP contribution in [0.1, 0.15) is 47.7 Å². The van der Waals surface area contributed by atoms with E-state index in [4.69, 9.17) is 0 Å². The van der Waals surface area contributed by atoms with E-state index < -0.39 is 0 Å². The Labute approximate surface area is 138 Å². The maximum Gasteiger partial charge on any atom is 0.251 e. The highest BCUT2D eigenvalue weighted by atomic mass is 16.1. The SMILES string of the molecule is CCCCCNC(=O)c1ccnc(NCc2ccccc2C)c1. The molecular weight excluding hydrogens is 286 g/mol. The van der Waals surface area contributed by atoms with E-state index in [9.17, 15) is 4.79 Å². The highest BCUT2D eigenvalue weighted by molar-refractivity contribution is 5.94. The van der Waals surface area contributed by atoms with Crippen LogP contribution in [0.2, 0.25) is 0 Å². The number of hydrogen-bond acceptors (Lipinski definition) is 3. The Hall–Kier alpha value is -2.36. The van der Waals surface area contributed by atoms with Crippen LogP contribution >= 0.6 is 0 Å². The van der Waals surface area contributed by atoms with Gasteiger partial charge in [-0.25, -0.2) is 4.98 Å². The van der Waals surface area contributed by atoms with Gasteiger partial charge in [0, 0.05) is 24.8 Å². The summed E-state index contributed by atoms with van der Waals surface area (Å²) in [6, 6.07) is 11.8. The molecule has 0 unspecified atom stereocenters. The molecule has 0 spiro atoms. The molecule has 2 rings (SSSR count). The Kier molecular flexibility index (Phi) is 6.60. The molecule has 23 heavy (non-hydrogen) atoms. The van der Waals surface area contributed by atoms with Crippen molar-refractivity contribution in [3.05, 3.63) is 59.3 Å². The van der Waals surface area contributed by atoms with Gasteiger partial charge >= 0.3 is 0 Å². The van der Waals surface area contributed by atoms with E-state index in [0.717, 1.165) is 31.6 Å². The summed E-state index contributed by atoms with van der Waals surface area (Å²) in [4.78, 5) is 16.4. The molecule has 4 heteroatoms. The quantitative estimate of drug-likeness (QED) is 0.726. The van der Waals surface area contributed by atoms with Crippen molar-refractivity contribution in [2.75, 3.05) is 11.9 Å². The Morgan fingerprint density at radius 1 is 1.17 bits per heavy atom. The molecular formula is C19H25N3O. The normalized spacial score (nSPS) is 10.3. The Morgan fingerprint density at radius 3 is 2.78 bits per heavy atom. The molecule has 0 aliphatic carbocycles. The summed E-state index contributed by atoms with van der Waals surface area (Å²) >= 11 is 0. The van der Waals surface area contributed by atoms with Crippen LogP contribution in [0.4, 0.5) is 5.82 Å². The molecule has 1 heterocycles. The lowest BCUT2D eigenvalue weighted by atomic mass is 10.1. The summed E-state index contributed by atoms with van der Waals surface area (Å²) in [6.45, 7) is 5.66. The second kappa shape index (κ2) is 8.93. The number of aromatic nitrogens is 1. The first-order chi connectivity index (χ1) is 11.2. The lowest BCUT2D eigenvalue weighted by molar-refractivity contribution is 0.0953. The minimum absolute atomic E-state index is 0.0394. The number of anilines is 1. The summed E-state index contributed by atoms with van der Waals surface area (Å²) in [5.41, 5.74) is 3.11. The fourth-order valence-electron chi connectivity index (χ4n) is 2.34. The third kappa shape index (κ3) is 5.40. The molecule has 0 saturated heterocycles. The van der Waals surface area contributed by atoms with Crippen molar-refractivity contribution in [2.45, 2.75) is 39.7 Å². The van der Waals surface area contributed by atoms with Crippen molar-refractivity contribution in [1.29, 1.82) is 0 Å². The lowest BCUT2D eigenvalue weighted by Crippen LogP contribution is -2.24. The maximum absolute atomic E-state index is 12.1. The van der Waals surface area contributed by atoms with Gasteiger partial charge in [-0.15, -0.1) is 0 Å². The fourth-order valence-corrected chi connectivity index (χ4v) is 2.34. The number of pyridine rings is 1. The van der Waals surface area contributed by atoms with Crippen molar-refractivity contribution in [1.82, 2.24) is 10.3 Å². The van der Waals surface area contributed by atoms with Gasteiger partial charge in [-0.2, -0.15) is 0 Å². The summed E-state index contributed by atoms with van der Waals surface area (Å²) in [7, 11) is 0. The van der Waals surface area contributed by atoms with E-state index in [2.05, 4.69) is 41.6 Å². The van der Waals surface area contributed by atoms with E-state index in [1.54, 1.807) is 18.3 Å². The first-order valence-electron chi connectivity index (χ1n) is 8.23. The smallest absolute Gasteiger partial charge is 0.251 e. The van der Waals surface area contributed by atoms with Crippen LogP contribution in [0.3, 0.4) is 0 Å². The average Bonchev–Trinajstić information content (AvgIpc) is 2.58. The number of aryl methyl sites for hydroxylation is 1. The Bertz CT molecular complexity index is 640. The Balaban J connectivity index is 1.91. The van der Waals surface area contributed by atoms with Gasteiger partial charge in [0.2, 0.25) is 0 Å². The largest absolute Gasteiger partial charge is 0.366 e. The predicted molar refractivity (Wildman–Crippen MR) is 94.6 cm³/mol. The number of nitrogens with one attached hydrogen (secondary N) is 2. The van der Waals surface area contributed by atoms with Crippen molar-refractivity contribution in [3.8, 4) is 0 Å². The first-order valence-corrected chi connectivity index (χ1v) is 8.23. The molecule has 122 valence electrons. The molecule has 2 N–H and O–H groups in total. The molecule has 0 bridgehead atoms. The van der Waals surface area contributed by atoms with Gasteiger partial charge in [-0.1, -0.05) is 44.0 Å². The van der Waals surface area contributed by atoms with Gasteiger partial charge in [0.15, 0.2) is 0 Å². The van der Waals surface area contributed by atoms with Gasteiger partial charge in [0.05, 0.1) is 0 Å². The van der Waals surface area contributed by atoms with E-state index in [1.807, 2.05) is 12.1 Å². The number of carbonyl (C=O) groups excluding carboxylic acids is 1. The van der Waals surface area contributed by atoms with Crippen LogP contribution in [-0.4, -0.2) is 17.4 Å². The predicted octanol–water partition coefficient (Wildman–Crippen LogP) is 3.92. The van der Waals surface area contributed by atoms with E-state index in [-0.39, 0.29) is 5.91 Å².